The molecule has 1 heterocycles. The number of rotatable bonds is 9. The summed E-state index contributed by atoms with van der Waals surface area (Å²) in [4.78, 5) is 0. The smallest absolute Gasteiger partial charge is 0.134 e. The van der Waals surface area contributed by atoms with Gasteiger partial charge in [0.05, 0.1) is 6.04 Å². The maximum absolute atomic E-state index is 6.73. The molecule has 0 saturated carbocycles. The Morgan fingerprint density at radius 1 is 0.725 bits per heavy atom. The van der Waals surface area contributed by atoms with Crippen molar-refractivity contribution in [2.45, 2.75) is 62.7 Å². The molecule has 51 heavy (non-hydrogen) atoms. The zero-order valence-electron chi connectivity index (χ0n) is 28.9. The number of hydrogen-bond donors (Lipinski definition) is 4. The highest BCUT2D eigenvalue weighted by atomic mass is 16.5. The highest BCUT2D eigenvalue weighted by Crippen LogP contribution is 2.37. The van der Waals surface area contributed by atoms with Crippen molar-refractivity contribution in [3.8, 4) is 11.1 Å². The first-order chi connectivity index (χ1) is 25.1. The van der Waals surface area contributed by atoms with Gasteiger partial charge in [0.1, 0.15) is 18.6 Å². The third-order valence-electron chi connectivity index (χ3n) is 10.5. The molecule has 8 rings (SSSR count). The van der Waals surface area contributed by atoms with E-state index in [2.05, 4.69) is 156 Å². The maximum Gasteiger partial charge on any atom is 0.134 e. The molecule has 4 aromatic carbocycles. The Balaban J connectivity index is 1.08. The number of nitrogens with one attached hydrogen (secondary N) is 2. The van der Waals surface area contributed by atoms with Crippen LogP contribution in [0.4, 0.5) is 0 Å². The first kappa shape index (κ1) is 33.1. The molecule has 256 valence electrons. The van der Waals surface area contributed by atoms with Crippen molar-refractivity contribution in [3.05, 3.63) is 190 Å². The molecule has 0 radical (unpaired) electrons. The Labute approximate surface area is 301 Å². The minimum Gasteiger partial charge on any atom is -0.366 e. The SMILES string of the molecule is NC(OC(N)c1ccc(C2C=CC=CC2)c(-c2ccc(C3=CC(C4=CCCC=C4)NC(c4ccccc4)N3)cc2)c1)c1ccc2c(c1)CCC=C2. The summed E-state index contributed by atoms with van der Waals surface area (Å²) >= 11 is 0. The monoisotopic (exact) mass is 670 g/mol. The molecule has 5 nitrogen and oxygen atoms in total. The molecular formula is C46H46N4O. The van der Waals surface area contributed by atoms with Crippen molar-refractivity contribution >= 4 is 11.8 Å². The molecular weight excluding hydrogens is 625 g/mol. The van der Waals surface area contributed by atoms with E-state index in [0.717, 1.165) is 65.6 Å². The molecule has 0 saturated heterocycles. The minimum absolute atomic E-state index is 0.00691. The summed E-state index contributed by atoms with van der Waals surface area (Å²) in [5.74, 6) is 0.278. The molecule has 4 aromatic rings. The summed E-state index contributed by atoms with van der Waals surface area (Å²) in [6, 6.07) is 32.5. The van der Waals surface area contributed by atoms with Gasteiger partial charge in [-0.15, -0.1) is 0 Å². The molecule has 4 aliphatic rings. The van der Waals surface area contributed by atoms with Crippen LogP contribution in [0.3, 0.4) is 0 Å². The number of aryl methyl sites for hydroxylation is 1. The van der Waals surface area contributed by atoms with Crippen LogP contribution in [-0.4, -0.2) is 6.04 Å². The van der Waals surface area contributed by atoms with Gasteiger partial charge in [0.2, 0.25) is 0 Å². The summed E-state index contributed by atoms with van der Waals surface area (Å²) in [6.07, 6.45) is 26.3. The van der Waals surface area contributed by atoms with Gasteiger partial charge in [0, 0.05) is 11.6 Å². The van der Waals surface area contributed by atoms with Gasteiger partial charge >= 0.3 is 0 Å². The zero-order chi connectivity index (χ0) is 34.6. The number of benzene rings is 4. The lowest BCUT2D eigenvalue weighted by Crippen LogP contribution is -2.44. The van der Waals surface area contributed by atoms with E-state index >= 15 is 0 Å². The molecule has 5 atom stereocenters. The molecule has 6 N–H and O–H groups in total. The number of allylic oxidation sites excluding steroid dienone is 7. The Hall–Kier alpha value is -5.04. The Kier molecular flexibility index (Phi) is 9.78. The van der Waals surface area contributed by atoms with Crippen molar-refractivity contribution in [2.75, 3.05) is 0 Å². The summed E-state index contributed by atoms with van der Waals surface area (Å²) < 4.78 is 6.28. The summed E-state index contributed by atoms with van der Waals surface area (Å²) in [6.45, 7) is 0. The third kappa shape index (κ3) is 7.39. The number of fused-ring (bicyclic) bond motifs is 1. The molecule has 0 bridgehead atoms. The normalized spacial score (nSPS) is 22.0. The van der Waals surface area contributed by atoms with E-state index in [1.165, 1.54) is 27.8 Å². The fourth-order valence-corrected chi connectivity index (χ4v) is 7.61. The second kappa shape index (κ2) is 15.1. The number of hydrogen-bond acceptors (Lipinski definition) is 5. The maximum atomic E-state index is 6.73. The van der Waals surface area contributed by atoms with Gasteiger partial charge in [-0.25, -0.2) is 0 Å². The van der Waals surface area contributed by atoms with E-state index in [0.29, 0.717) is 0 Å². The molecule has 0 aromatic heterocycles. The molecule has 0 amide bonds. The minimum atomic E-state index is -0.677. The molecule has 0 fully saturated rings. The highest BCUT2D eigenvalue weighted by molar-refractivity contribution is 5.74. The van der Waals surface area contributed by atoms with E-state index in [1.54, 1.807) is 0 Å². The highest BCUT2D eigenvalue weighted by Gasteiger charge is 2.25. The van der Waals surface area contributed by atoms with Crippen LogP contribution >= 0.6 is 0 Å². The predicted molar refractivity (Wildman–Crippen MR) is 210 cm³/mol. The quantitative estimate of drug-likeness (QED) is 0.133. The van der Waals surface area contributed by atoms with Crippen LogP contribution in [0.15, 0.2) is 151 Å². The average Bonchev–Trinajstić information content (AvgIpc) is 3.21. The van der Waals surface area contributed by atoms with Crippen LogP contribution < -0.4 is 22.1 Å². The standard InChI is InChI=1S/C46H46N4O/c47-44(38-25-20-31-12-10-11-19-37(31)28-38)51-45(48)39-26-27-40(32-13-4-1-5-14-32)41(29-39)33-21-23-35(24-22-33)43-30-42(34-15-6-2-7-16-34)49-46(50-43)36-17-8-3-9-18-36/h1,3-6,8-10,12-13,15-18,20-30,32,42,44-46,49-50H,2,7,11,14,19,47-48H2. The van der Waals surface area contributed by atoms with E-state index in [1.807, 2.05) is 6.07 Å². The van der Waals surface area contributed by atoms with Gasteiger partial charge in [-0.3, -0.25) is 5.32 Å². The van der Waals surface area contributed by atoms with Gasteiger partial charge in [-0.05, 0) is 99.9 Å². The van der Waals surface area contributed by atoms with Crippen molar-refractivity contribution in [3.63, 3.8) is 0 Å². The second-order valence-electron chi connectivity index (χ2n) is 13.9. The lowest BCUT2D eigenvalue weighted by Gasteiger charge is -2.34. The molecule has 0 spiro atoms. The van der Waals surface area contributed by atoms with Crippen molar-refractivity contribution < 1.29 is 4.74 Å². The first-order valence-electron chi connectivity index (χ1n) is 18.3. The van der Waals surface area contributed by atoms with Gasteiger partial charge in [0.25, 0.3) is 0 Å². The molecule has 5 heteroatoms. The largest absolute Gasteiger partial charge is 0.366 e. The van der Waals surface area contributed by atoms with Gasteiger partial charge in [-0.1, -0.05) is 140 Å². The van der Waals surface area contributed by atoms with Crippen LogP contribution in [-0.2, 0) is 11.2 Å². The lowest BCUT2D eigenvalue weighted by atomic mass is 9.85. The van der Waals surface area contributed by atoms with E-state index in [9.17, 15) is 0 Å². The lowest BCUT2D eigenvalue weighted by molar-refractivity contribution is -0.00834. The number of nitrogens with two attached hydrogens (primary N) is 2. The molecule has 5 unspecified atom stereocenters. The fraction of sp³-hybridized carbons (Fsp3) is 0.217. The van der Waals surface area contributed by atoms with Crippen LogP contribution in [0.5, 0.6) is 0 Å². The Morgan fingerprint density at radius 2 is 1.51 bits per heavy atom. The van der Waals surface area contributed by atoms with Crippen molar-refractivity contribution in [1.82, 2.24) is 10.6 Å². The van der Waals surface area contributed by atoms with Gasteiger partial charge in [0.15, 0.2) is 0 Å². The van der Waals surface area contributed by atoms with Crippen molar-refractivity contribution in [1.29, 1.82) is 0 Å². The van der Waals surface area contributed by atoms with Crippen LogP contribution in [0.25, 0.3) is 22.9 Å². The first-order valence-corrected chi connectivity index (χ1v) is 18.3. The van der Waals surface area contributed by atoms with E-state index in [4.69, 9.17) is 16.2 Å². The third-order valence-corrected chi connectivity index (χ3v) is 10.5. The summed E-state index contributed by atoms with van der Waals surface area (Å²) in [7, 11) is 0. The predicted octanol–water partition coefficient (Wildman–Crippen LogP) is 9.42. The summed E-state index contributed by atoms with van der Waals surface area (Å²) in [5, 5.41) is 7.60. The molecule has 3 aliphatic carbocycles. The fourth-order valence-electron chi connectivity index (χ4n) is 7.61. The topological polar surface area (TPSA) is 85.3 Å². The van der Waals surface area contributed by atoms with Gasteiger partial charge in [-0.2, -0.15) is 0 Å². The number of ether oxygens (including phenoxy) is 1. The molecule has 1 aliphatic heterocycles. The van der Waals surface area contributed by atoms with E-state index in [-0.39, 0.29) is 18.1 Å². The van der Waals surface area contributed by atoms with E-state index < -0.39 is 12.5 Å². The average molecular weight is 671 g/mol. The second-order valence-corrected chi connectivity index (χ2v) is 13.9. The Bertz CT molecular complexity index is 2050. The van der Waals surface area contributed by atoms with Gasteiger partial charge < -0.3 is 21.5 Å². The summed E-state index contributed by atoms with van der Waals surface area (Å²) in [5.41, 5.74) is 26.1. The van der Waals surface area contributed by atoms with Crippen LogP contribution in [0, 0.1) is 0 Å². The Morgan fingerprint density at radius 3 is 2.29 bits per heavy atom. The van der Waals surface area contributed by atoms with Crippen LogP contribution in [0.2, 0.25) is 0 Å². The zero-order valence-corrected chi connectivity index (χ0v) is 28.9. The van der Waals surface area contributed by atoms with Crippen molar-refractivity contribution in [2.24, 2.45) is 11.5 Å². The van der Waals surface area contributed by atoms with Crippen LogP contribution in [0.1, 0.15) is 89.2 Å².